The highest BCUT2D eigenvalue weighted by molar-refractivity contribution is 5.89. The Hall–Kier alpha value is -3.31. The Balaban J connectivity index is 1.69. The smallest absolute Gasteiger partial charge is 0.197 e. The maximum Gasteiger partial charge on any atom is 0.197 e. The van der Waals surface area contributed by atoms with E-state index in [2.05, 4.69) is 0 Å². The quantitative estimate of drug-likeness (QED) is 0.173. The Morgan fingerprint density at radius 2 is 1.66 bits per heavy atom. The largest absolute Gasteiger partial charge is 0.508 e. The number of fused-ring (bicyclic) bond motifs is 1. The van der Waals surface area contributed by atoms with Crippen LogP contribution in [0.4, 0.5) is 0 Å². The molecule has 3 aromatic rings. The molecule has 0 radical (unpaired) electrons. The van der Waals surface area contributed by atoms with Gasteiger partial charge < -0.3 is 64.2 Å². The number of aromatic hydroxyl groups is 2. The van der Waals surface area contributed by atoms with E-state index in [0.717, 1.165) is 12.1 Å². The molecule has 1 aromatic heterocycles. The summed E-state index contributed by atoms with van der Waals surface area (Å²) in [5, 5.41) is 82.1. The Kier molecular flexibility index (Phi) is 8.20. The van der Waals surface area contributed by atoms with Gasteiger partial charge in [-0.25, -0.2) is 0 Å². The third-order valence-corrected chi connectivity index (χ3v) is 7.25. The first-order valence-corrected chi connectivity index (χ1v) is 12.7. The van der Waals surface area contributed by atoms with Crippen LogP contribution in [0, 0.1) is 0 Å². The van der Waals surface area contributed by atoms with Gasteiger partial charge in [0, 0.05) is 17.7 Å². The lowest BCUT2D eigenvalue weighted by Crippen LogP contribution is -2.60. The van der Waals surface area contributed by atoms with E-state index in [1.165, 1.54) is 31.4 Å². The van der Waals surface area contributed by atoms with Gasteiger partial charge in [-0.1, -0.05) is 0 Å². The molecular weight excluding hydrogens is 548 g/mol. The fraction of sp³-hybridized carbons (Fsp3) is 0.444. The molecular formula is C27H30O14. The lowest BCUT2D eigenvalue weighted by molar-refractivity contribution is -0.325. The molecule has 1 unspecified atom stereocenters. The van der Waals surface area contributed by atoms with Gasteiger partial charge in [-0.2, -0.15) is 0 Å². The minimum atomic E-state index is -1.79. The minimum absolute atomic E-state index is 0.0279. The molecule has 2 aliphatic heterocycles. The van der Waals surface area contributed by atoms with Crippen molar-refractivity contribution in [1.29, 1.82) is 0 Å². The Labute approximate surface area is 231 Å². The van der Waals surface area contributed by atoms with E-state index in [-0.39, 0.29) is 33.8 Å². The number of aliphatic hydroxyl groups excluding tert-OH is 6. The summed E-state index contributed by atoms with van der Waals surface area (Å²) < 4.78 is 28.6. The van der Waals surface area contributed by atoms with E-state index < -0.39 is 79.5 Å². The fourth-order valence-electron chi connectivity index (χ4n) is 5.05. The Morgan fingerprint density at radius 1 is 0.951 bits per heavy atom. The van der Waals surface area contributed by atoms with E-state index in [1.54, 1.807) is 0 Å². The highest BCUT2D eigenvalue weighted by Crippen LogP contribution is 2.45. The predicted molar refractivity (Wildman–Crippen MR) is 137 cm³/mol. The summed E-state index contributed by atoms with van der Waals surface area (Å²) in [6.45, 7) is -1.16. The predicted octanol–water partition coefficient (Wildman–Crippen LogP) is -1.14. The normalized spacial score (nSPS) is 32.2. The topological polar surface area (TPSA) is 229 Å². The van der Waals surface area contributed by atoms with Gasteiger partial charge in [-0.15, -0.1) is 0 Å². The zero-order valence-corrected chi connectivity index (χ0v) is 21.6. The van der Waals surface area contributed by atoms with Crippen LogP contribution in [0.3, 0.4) is 0 Å². The first-order chi connectivity index (χ1) is 19.5. The van der Waals surface area contributed by atoms with E-state index in [4.69, 9.17) is 23.4 Å². The number of benzene rings is 2. The molecule has 0 bridgehead atoms. The fourth-order valence-corrected chi connectivity index (χ4v) is 5.05. The molecule has 2 aromatic carbocycles. The molecule has 222 valence electrons. The van der Waals surface area contributed by atoms with Crippen LogP contribution in [0.1, 0.15) is 11.7 Å². The summed E-state index contributed by atoms with van der Waals surface area (Å²) >= 11 is 0. The Bertz CT molecular complexity index is 1440. The zero-order valence-electron chi connectivity index (χ0n) is 21.6. The second-order valence-corrected chi connectivity index (χ2v) is 9.85. The first-order valence-electron chi connectivity index (χ1n) is 12.7. The molecule has 41 heavy (non-hydrogen) atoms. The second kappa shape index (κ2) is 11.5. The molecule has 2 aliphatic rings. The molecule has 14 nitrogen and oxygen atoms in total. The van der Waals surface area contributed by atoms with Crippen LogP contribution in [0.25, 0.3) is 22.3 Å². The van der Waals surface area contributed by atoms with Crippen LogP contribution >= 0.6 is 0 Å². The van der Waals surface area contributed by atoms with Crippen LogP contribution in [-0.4, -0.2) is 110 Å². The molecule has 5 rings (SSSR count). The standard InChI is InChI=1S/C27H30O14/c1-37-16-7-13(31)18-12(30)6-15(10-2-4-11(29)5-3-10)39-24(18)19(16)25-26(22(35)21(34)17(8-28)40-25)41-27-23(36)20(33)14(32)9-38-27/h2-7,14,17,20-23,25-29,31-36H,8-9H2,1H3/t14-,17-,20+,21-,22+,23-,25+,26-,27?/m1/s1. The van der Waals surface area contributed by atoms with E-state index in [1.807, 2.05) is 0 Å². The van der Waals surface area contributed by atoms with E-state index >= 15 is 0 Å². The average Bonchev–Trinajstić information content (AvgIpc) is 2.95. The first kappa shape index (κ1) is 29.2. The summed E-state index contributed by atoms with van der Waals surface area (Å²) in [7, 11) is 1.26. The van der Waals surface area contributed by atoms with Crippen LogP contribution in [0.2, 0.25) is 0 Å². The highest BCUT2D eigenvalue weighted by Gasteiger charge is 2.50. The number of methoxy groups -OCH3 is 1. The lowest BCUT2D eigenvalue weighted by atomic mass is 9.89. The summed E-state index contributed by atoms with van der Waals surface area (Å²) in [5.41, 5.74) is -0.566. The van der Waals surface area contributed by atoms with Crippen molar-refractivity contribution in [3.05, 3.63) is 52.2 Å². The second-order valence-electron chi connectivity index (χ2n) is 9.85. The molecule has 0 spiro atoms. The molecule has 2 saturated heterocycles. The SMILES string of the molecule is COc1cc(O)c2c(=O)cc(-c3ccc(O)cc3)oc2c1[C@@H]1O[C@H](CO)[C@@H](O)[C@H](O)[C@H]1OC1OC[C@@H](O)[C@H](O)[C@H]1O. The van der Waals surface area contributed by atoms with Gasteiger partial charge in [0.15, 0.2) is 17.3 Å². The number of aliphatic hydroxyl groups is 6. The van der Waals surface area contributed by atoms with Gasteiger partial charge in [0.2, 0.25) is 0 Å². The summed E-state index contributed by atoms with van der Waals surface area (Å²) in [5.74, 6) is -0.574. The van der Waals surface area contributed by atoms with Gasteiger partial charge >= 0.3 is 0 Å². The molecule has 9 atom stereocenters. The minimum Gasteiger partial charge on any atom is -0.508 e. The van der Waals surface area contributed by atoms with Crippen LogP contribution in [-0.2, 0) is 14.2 Å². The maximum absolute atomic E-state index is 13.2. The van der Waals surface area contributed by atoms with Gasteiger partial charge in [0.25, 0.3) is 0 Å². The number of phenolic OH excluding ortho intramolecular Hbond substituents is 2. The summed E-state index contributed by atoms with van der Waals surface area (Å²) in [6.07, 6.45) is -14.4. The number of hydrogen-bond donors (Lipinski definition) is 8. The van der Waals surface area contributed by atoms with Gasteiger partial charge in [-0.3, -0.25) is 4.79 Å². The van der Waals surface area contributed by atoms with Crippen LogP contribution < -0.4 is 10.2 Å². The summed E-state index contributed by atoms with van der Waals surface area (Å²) in [4.78, 5) is 13.2. The van der Waals surface area contributed by atoms with E-state index in [0.29, 0.717) is 5.56 Å². The van der Waals surface area contributed by atoms with Gasteiger partial charge in [0.1, 0.15) is 77.2 Å². The average molecular weight is 579 g/mol. The lowest BCUT2D eigenvalue weighted by Gasteiger charge is -2.45. The third kappa shape index (κ3) is 5.25. The van der Waals surface area contributed by atoms with Crippen molar-refractivity contribution in [1.82, 2.24) is 0 Å². The molecule has 0 aliphatic carbocycles. The molecule has 2 fully saturated rings. The number of ether oxygens (including phenoxy) is 4. The number of rotatable bonds is 6. The van der Waals surface area contributed by atoms with Crippen LogP contribution in [0.5, 0.6) is 17.2 Å². The van der Waals surface area contributed by atoms with E-state index in [9.17, 15) is 45.6 Å². The van der Waals surface area contributed by atoms with Crippen molar-refractivity contribution in [2.24, 2.45) is 0 Å². The zero-order chi connectivity index (χ0) is 29.6. The number of hydrogen-bond acceptors (Lipinski definition) is 14. The highest BCUT2D eigenvalue weighted by atomic mass is 16.7. The maximum atomic E-state index is 13.2. The molecule has 14 heteroatoms. The molecule has 8 N–H and O–H groups in total. The van der Waals surface area contributed by atoms with Crippen molar-refractivity contribution >= 4 is 11.0 Å². The van der Waals surface area contributed by atoms with Crippen molar-refractivity contribution in [2.75, 3.05) is 20.3 Å². The molecule has 0 saturated carbocycles. The summed E-state index contributed by atoms with van der Waals surface area (Å²) in [6, 6.07) is 7.99. The third-order valence-electron chi connectivity index (χ3n) is 7.25. The van der Waals surface area contributed by atoms with Gasteiger partial charge in [-0.05, 0) is 24.3 Å². The van der Waals surface area contributed by atoms with Crippen molar-refractivity contribution < 1.29 is 64.2 Å². The van der Waals surface area contributed by atoms with Crippen molar-refractivity contribution in [3.63, 3.8) is 0 Å². The Morgan fingerprint density at radius 3 is 2.32 bits per heavy atom. The molecule has 0 amide bonds. The van der Waals surface area contributed by atoms with Gasteiger partial charge in [0.05, 0.1) is 25.9 Å². The van der Waals surface area contributed by atoms with Crippen molar-refractivity contribution in [2.45, 2.75) is 55.1 Å². The monoisotopic (exact) mass is 578 g/mol. The van der Waals surface area contributed by atoms with Crippen molar-refractivity contribution in [3.8, 4) is 28.6 Å². The molecule has 3 heterocycles. The number of phenols is 2. The van der Waals surface area contributed by atoms with Crippen LogP contribution in [0.15, 0.2) is 45.6 Å².